The summed E-state index contributed by atoms with van der Waals surface area (Å²) < 4.78 is 0. The SMILES string of the molecule is C=C(C)CN1CCCN2CCCCC2C1. The van der Waals surface area contributed by atoms with Crippen molar-refractivity contribution < 1.29 is 0 Å². The average Bonchev–Trinajstić information content (AvgIpc) is 2.38. The third-order valence-electron chi connectivity index (χ3n) is 3.63. The summed E-state index contributed by atoms with van der Waals surface area (Å²) in [4.78, 5) is 5.31. The van der Waals surface area contributed by atoms with E-state index in [-0.39, 0.29) is 0 Å². The van der Waals surface area contributed by atoms with E-state index in [4.69, 9.17) is 0 Å². The summed E-state index contributed by atoms with van der Waals surface area (Å²) in [5.41, 5.74) is 1.30. The minimum atomic E-state index is 0.834. The van der Waals surface area contributed by atoms with Gasteiger partial charge in [-0.3, -0.25) is 9.80 Å². The molecule has 2 aliphatic heterocycles. The van der Waals surface area contributed by atoms with Crippen molar-refractivity contribution >= 4 is 0 Å². The number of piperidine rings is 1. The van der Waals surface area contributed by atoms with Gasteiger partial charge in [0.1, 0.15) is 0 Å². The molecular formula is C13H24N2. The van der Waals surface area contributed by atoms with E-state index < -0.39 is 0 Å². The minimum Gasteiger partial charge on any atom is -0.299 e. The molecule has 0 spiro atoms. The maximum Gasteiger partial charge on any atom is 0.0223 e. The lowest BCUT2D eigenvalue weighted by Gasteiger charge is -2.35. The molecule has 0 bridgehead atoms. The Morgan fingerprint density at radius 3 is 2.80 bits per heavy atom. The van der Waals surface area contributed by atoms with E-state index in [0.717, 1.165) is 12.6 Å². The summed E-state index contributed by atoms with van der Waals surface area (Å²) in [6, 6.07) is 0.834. The van der Waals surface area contributed by atoms with Crippen molar-refractivity contribution in [1.29, 1.82) is 0 Å². The predicted octanol–water partition coefficient (Wildman–Crippen LogP) is 2.12. The number of rotatable bonds is 2. The Labute approximate surface area is 93.9 Å². The molecule has 15 heavy (non-hydrogen) atoms. The van der Waals surface area contributed by atoms with E-state index in [0.29, 0.717) is 0 Å². The second kappa shape index (κ2) is 5.13. The zero-order chi connectivity index (χ0) is 10.7. The average molecular weight is 208 g/mol. The normalized spacial score (nSPS) is 29.5. The number of nitrogens with zero attached hydrogens (tertiary/aromatic N) is 2. The molecular weight excluding hydrogens is 184 g/mol. The molecule has 2 heteroatoms. The van der Waals surface area contributed by atoms with Crippen LogP contribution < -0.4 is 0 Å². The van der Waals surface area contributed by atoms with E-state index in [1.807, 2.05) is 0 Å². The summed E-state index contributed by atoms with van der Waals surface area (Å²) >= 11 is 0. The van der Waals surface area contributed by atoms with Crippen molar-refractivity contribution in [3.05, 3.63) is 12.2 Å². The van der Waals surface area contributed by atoms with Crippen LogP contribution in [0.15, 0.2) is 12.2 Å². The van der Waals surface area contributed by atoms with E-state index in [1.165, 1.54) is 57.4 Å². The second-order valence-corrected chi connectivity index (χ2v) is 5.23. The van der Waals surface area contributed by atoms with Crippen molar-refractivity contribution in [2.75, 3.05) is 32.7 Å². The quantitative estimate of drug-likeness (QED) is 0.641. The van der Waals surface area contributed by atoms with Crippen LogP contribution in [0.1, 0.15) is 32.6 Å². The summed E-state index contributed by atoms with van der Waals surface area (Å²) in [7, 11) is 0. The lowest BCUT2D eigenvalue weighted by molar-refractivity contribution is 0.139. The first-order chi connectivity index (χ1) is 7.25. The fourth-order valence-corrected chi connectivity index (χ4v) is 2.97. The van der Waals surface area contributed by atoms with Crippen LogP contribution in [0.2, 0.25) is 0 Å². The van der Waals surface area contributed by atoms with Crippen LogP contribution in [-0.2, 0) is 0 Å². The lowest BCUT2D eigenvalue weighted by atomic mass is 10.0. The van der Waals surface area contributed by atoms with Crippen molar-refractivity contribution in [3.63, 3.8) is 0 Å². The molecule has 2 nitrogen and oxygen atoms in total. The molecule has 0 N–H and O–H groups in total. The van der Waals surface area contributed by atoms with Gasteiger partial charge in [-0.15, -0.1) is 0 Å². The van der Waals surface area contributed by atoms with Crippen molar-refractivity contribution in [3.8, 4) is 0 Å². The molecule has 2 aliphatic rings. The molecule has 2 fully saturated rings. The highest BCUT2D eigenvalue weighted by Gasteiger charge is 2.26. The molecule has 0 aromatic heterocycles. The van der Waals surface area contributed by atoms with Crippen LogP contribution in [0, 0.1) is 0 Å². The fraction of sp³-hybridized carbons (Fsp3) is 0.846. The number of hydrogen-bond acceptors (Lipinski definition) is 2. The highest BCUT2D eigenvalue weighted by Crippen LogP contribution is 2.21. The standard InChI is InChI=1S/C13H24N2/c1-12(2)10-14-7-5-9-15-8-4-3-6-13(15)11-14/h13H,1,3-11H2,2H3. The Morgan fingerprint density at radius 2 is 2.00 bits per heavy atom. The van der Waals surface area contributed by atoms with Crippen LogP contribution in [-0.4, -0.2) is 48.6 Å². The molecule has 0 aromatic carbocycles. The molecule has 1 unspecified atom stereocenters. The molecule has 0 aromatic rings. The summed E-state index contributed by atoms with van der Waals surface area (Å²) in [5, 5.41) is 0. The van der Waals surface area contributed by atoms with Gasteiger partial charge in [-0.2, -0.15) is 0 Å². The fourth-order valence-electron chi connectivity index (χ4n) is 2.97. The largest absolute Gasteiger partial charge is 0.299 e. The van der Waals surface area contributed by atoms with Gasteiger partial charge >= 0.3 is 0 Å². The highest BCUT2D eigenvalue weighted by atomic mass is 15.2. The van der Waals surface area contributed by atoms with Gasteiger partial charge < -0.3 is 0 Å². The maximum atomic E-state index is 4.03. The van der Waals surface area contributed by atoms with Crippen LogP contribution in [0.5, 0.6) is 0 Å². The first kappa shape index (κ1) is 11.2. The van der Waals surface area contributed by atoms with Gasteiger partial charge in [-0.05, 0) is 45.8 Å². The maximum absolute atomic E-state index is 4.03. The molecule has 0 saturated carbocycles. The monoisotopic (exact) mass is 208 g/mol. The van der Waals surface area contributed by atoms with E-state index >= 15 is 0 Å². The van der Waals surface area contributed by atoms with Crippen molar-refractivity contribution in [1.82, 2.24) is 9.80 Å². The molecule has 0 aliphatic carbocycles. The minimum absolute atomic E-state index is 0.834. The van der Waals surface area contributed by atoms with Crippen LogP contribution in [0.25, 0.3) is 0 Å². The van der Waals surface area contributed by atoms with Gasteiger partial charge in [0, 0.05) is 19.1 Å². The Balaban J connectivity index is 1.92. The van der Waals surface area contributed by atoms with Gasteiger partial charge in [-0.25, -0.2) is 0 Å². The van der Waals surface area contributed by atoms with Crippen molar-refractivity contribution in [2.24, 2.45) is 0 Å². The second-order valence-electron chi connectivity index (χ2n) is 5.23. The van der Waals surface area contributed by atoms with Gasteiger partial charge in [0.2, 0.25) is 0 Å². The van der Waals surface area contributed by atoms with Crippen LogP contribution in [0.3, 0.4) is 0 Å². The molecule has 0 radical (unpaired) electrons. The van der Waals surface area contributed by atoms with Crippen LogP contribution >= 0.6 is 0 Å². The summed E-state index contributed by atoms with van der Waals surface area (Å²) in [6.07, 6.45) is 5.59. The van der Waals surface area contributed by atoms with Crippen LogP contribution in [0.4, 0.5) is 0 Å². The van der Waals surface area contributed by atoms with Gasteiger partial charge in [0.05, 0.1) is 0 Å². The highest BCUT2D eigenvalue weighted by molar-refractivity contribution is 4.94. The molecule has 1 atom stereocenters. The van der Waals surface area contributed by atoms with Crippen molar-refractivity contribution in [2.45, 2.75) is 38.6 Å². The van der Waals surface area contributed by atoms with Gasteiger partial charge in [0.25, 0.3) is 0 Å². The predicted molar refractivity (Wildman–Crippen MR) is 65.1 cm³/mol. The molecule has 0 amide bonds. The third kappa shape index (κ3) is 3.05. The smallest absolute Gasteiger partial charge is 0.0223 e. The summed E-state index contributed by atoms with van der Waals surface area (Å²) in [6.45, 7) is 12.5. The molecule has 2 heterocycles. The zero-order valence-electron chi connectivity index (χ0n) is 10.0. The van der Waals surface area contributed by atoms with E-state index in [2.05, 4.69) is 23.3 Å². The van der Waals surface area contributed by atoms with E-state index in [9.17, 15) is 0 Å². The molecule has 86 valence electrons. The third-order valence-corrected chi connectivity index (χ3v) is 3.63. The number of fused-ring (bicyclic) bond motifs is 1. The topological polar surface area (TPSA) is 6.48 Å². The van der Waals surface area contributed by atoms with Gasteiger partial charge in [0.15, 0.2) is 0 Å². The Hall–Kier alpha value is -0.340. The first-order valence-corrected chi connectivity index (χ1v) is 6.36. The summed E-state index contributed by atoms with van der Waals surface area (Å²) in [5.74, 6) is 0. The lowest BCUT2D eigenvalue weighted by Crippen LogP contribution is -2.44. The van der Waals surface area contributed by atoms with E-state index in [1.54, 1.807) is 0 Å². The number of hydrogen-bond donors (Lipinski definition) is 0. The first-order valence-electron chi connectivity index (χ1n) is 6.36. The molecule has 2 rings (SSSR count). The Kier molecular flexibility index (Phi) is 3.81. The molecule has 2 saturated heterocycles. The zero-order valence-corrected chi connectivity index (χ0v) is 10.0. The van der Waals surface area contributed by atoms with Gasteiger partial charge in [-0.1, -0.05) is 18.6 Å². The Morgan fingerprint density at radius 1 is 1.20 bits per heavy atom. The Bertz CT molecular complexity index is 225.